The van der Waals surface area contributed by atoms with Gasteiger partial charge in [-0.3, -0.25) is 0 Å². The molecule has 0 atom stereocenters. The van der Waals surface area contributed by atoms with Gasteiger partial charge >= 0.3 is 6.36 Å². The number of hydrogen-bond acceptors (Lipinski definition) is 3. The zero-order valence-corrected chi connectivity index (χ0v) is 10.0. The average molecular weight is 273 g/mol. The number of alkyl halides is 3. The van der Waals surface area contributed by atoms with Gasteiger partial charge in [-0.15, -0.1) is 13.2 Å². The third kappa shape index (κ3) is 3.96. The molecule has 1 aromatic heterocycles. The Morgan fingerprint density at radius 2 is 2.06 bits per heavy atom. The minimum atomic E-state index is -4.65. The van der Waals surface area contributed by atoms with Gasteiger partial charge in [-0.1, -0.05) is 12.1 Å². The van der Waals surface area contributed by atoms with Gasteiger partial charge in [0.1, 0.15) is 5.75 Å². The lowest BCUT2D eigenvalue weighted by molar-refractivity contribution is -0.274. The molecule has 18 heavy (non-hydrogen) atoms. The first-order chi connectivity index (χ1) is 8.53. The SMILES string of the molecule is FC(F)(F)Oc1cccc(CNc2ccsc2)c1. The largest absolute Gasteiger partial charge is 0.573 e. The van der Waals surface area contributed by atoms with Crippen LogP contribution in [-0.2, 0) is 6.54 Å². The fraction of sp³-hybridized carbons (Fsp3) is 0.167. The van der Waals surface area contributed by atoms with Crippen LogP contribution in [0.15, 0.2) is 41.1 Å². The summed E-state index contributed by atoms with van der Waals surface area (Å²) in [5.74, 6) is -0.202. The second-order valence-electron chi connectivity index (χ2n) is 3.56. The third-order valence-corrected chi connectivity index (χ3v) is 2.83. The maximum atomic E-state index is 12.0. The molecule has 2 nitrogen and oxygen atoms in total. The zero-order chi connectivity index (χ0) is 13.0. The van der Waals surface area contributed by atoms with E-state index >= 15 is 0 Å². The number of ether oxygens (including phenoxy) is 1. The van der Waals surface area contributed by atoms with Gasteiger partial charge in [-0.2, -0.15) is 11.3 Å². The molecular weight excluding hydrogens is 263 g/mol. The quantitative estimate of drug-likeness (QED) is 0.898. The molecule has 0 aliphatic heterocycles. The molecule has 0 radical (unpaired) electrons. The van der Waals surface area contributed by atoms with Gasteiger partial charge in [0.05, 0.1) is 0 Å². The normalized spacial score (nSPS) is 11.3. The van der Waals surface area contributed by atoms with Gasteiger partial charge in [0.25, 0.3) is 0 Å². The Labute approximate surface area is 106 Å². The highest BCUT2D eigenvalue weighted by molar-refractivity contribution is 7.08. The molecule has 0 fully saturated rings. The molecule has 0 aliphatic rings. The molecule has 0 unspecified atom stereocenters. The van der Waals surface area contributed by atoms with Gasteiger partial charge in [0.15, 0.2) is 0 Å². The monoisotopic (exact) mass is 273 g/mol. The lowest BCUT2D eigenvalue weighted by atomic mass is 10.2. The highest BCUT2D eigenvalue weighted by Gasteiger charge is 2.31. The summed E-state index contributed by atoms with van der Waals surface area (Å²) in [7, 11) is 0. The Bertz CT molecular complexity index is 496. The van der Waals surface area contributed by atoms with E-state index in [1.165, 1.54) is 18.2 Å². The molecule has 96 valence electrons. The molecule has 2 rings (SSSR count). The number of rotatable bonds is 4. The lowest BCUT2D eigenvalue weighted by Crippen LogP contribution is -2.17. The van der Waals surface area contributed by atoms with Crippen LogP contribution in [0, 0.1) is 0 Å². The molecule has 1 N–H and O–H groups in total. The highest BCUT2D eigenvalue weighted by Crippen LogP contribution is 2.23. The minimum Gasteiger partial charge on any atom is -0.406 e. The van der Waals surface area contributed by atoms with Gasteiger partial charge in [0, 0.05) is 17.6 Å². The average Bonchev–Trinajstić information content (AvgIpc) is 2.77. The molecule has 0 aliphatic carbocycles. The van der Waals surface area contributed by atoms with Crippen molar-refractivity contribution in [3.05, 3.63) is 46.7 Å². The van der Waals surface area contributed by atoms with E-state index in [4.69, 9.17) is 0 Å². The molecule has 0 amide bonds. The van der Waals surface area contributed by atoms with Crippen molar-refractivity contribution in [3.8, 4) is 5.75 Å². The van der Waals surface area contributed by atoms with Crippen molar-refractivity contribution in [2.24, 2.45) is 0 Å². The van der Waals surface area contributed by atoms with Crippen LogP contribution >= 0.6 is 11.3 Å². The van der Waals surface area contributed by atoms with Crippen LogP contribution in [0.4, 0.5) is 18.9 Å². The Balaban J connectivity index is 1.99. The van der Waals surface area contributed by atoms with Crippen LogP contribution in [0.1, 0.15) is 5.56 Å². The van der Waals surface area contributed by atoms with Crippen molar-refractivity contribution in [1.82, 2.24) is 0 Å². The van der Waals surface area contributed by atoms with Crippen LogP contribution < -0.4 is 10.1 Å². The first kappa shape index (κ1) is 12.8. The predicted octanol–water partition coefficient (Wildman–Crippen LogP) is 4.26. The summed E-state index contributed by atoms with van der Waals surface area (Å²) >= 11 is 1.55. The van der Waals surface area contributed by atoms with Gasteiger partial charge < -0.3 is 10.1 Å². The van der Waals surface area contributed by atoms with Gasteiger partial charge in [-0.05, 0) is 29.1 Å². The van der Waals surface area contributed by atoms with E-state index in [2.05, 4.69) is 10.1 Å². The minimum absolute atomic E-state index is 0.202. The van der Waals surface area contributed by atoms with Gasteiger partial charge in [-0.25, -0.2) is 0 Å². The number of halogens is 3. The van der Waals surface area contributed by atoms with Crippen molar-refractivity contribution in [1.29, 1.82) is 0 Å². The van der Waals surface area contributed by atoms with Crippen LogP contribution in [0.25, 0.3) is 0 Å². The molecule has 1 heterocycles. The molecule has 2 aromatic rings. The van der Waals surface area contributed by atoms with E-state index in [1.54, 1.807) is 17.4 Å². The van der Waals surface area contributed by atoms with Crippen molar-refractivity contribution in [3.63, 3.8) is 0 Å². The fourth-order valence-electron chi connectivity index (χ4n) is 1.42. The Morgan fingerprint density at radius 3 is 2.72 bits per heavy atom. The molecule has 0 spiro atoms. The van der Waals surface area contributed by atoms with E-state index in [0.717, 1.165) is 11.3 Å². The van der Waals surface area contributed by atoms with Crippen LogP contribution in [0.3, 0.4) is 0 Å². The smallest absolute Gasteiger partial charge is 0.406 e. The van der Waals surface area contributed by atoms with Crippen LogP contribution in [-0.4, -0.2) is 6.36 Å². The fourth-order valence-corrected chi connectivity index (χ4v) is 2.03. The van der Waals surface area contributed by atoms with Crippen molar-refractivity contribution < 1.29 is 17.9 Å². The molecular formula is C12H10F3NOS. The summed E-state index contributed by atoms with van der Waals surface area (Å²) in [6.07, 6.45) is -4.65. The third-order valence-electron chi connectivity index (χ3n) is 2.15. The number of anilines is 1. The summed E-state index contributed by atoms with van der Waals surface area (Å²) in [5.41, 5.74) is 1.67. The molecule has 1 aromatic carbocycles. The summed E-state index contributed by atoms with van der Waals surface area (Å²) in [6, 6.07) is 7.82. The molecule has 6 heteroatoms. The topological polar surface area (TPSA) is 21.3 Å². The summed E-state index contributed by atoms with van der Waals surface area (Å²) in [6.45, 7) is 0.450. The maximum absolute atomic E-state index is 12.0. The number of benzene rings is 1. The second kappa shape index (κ2) is 5.30. The Kier molecular flexibility index (Phi) is 3.76. The molecule has 0 saturated heterocycles. The van der Waals surface area contributed by atoms with E-state index in [0.29, 0.717) is 6.54 Å². The Hall–Kier alpha value is -1.69. The summed E-state index contributed by atoms with van der Waals surface area (Å²) in [5, 5.41) is 6.95. The number of hydrogen-bond donors (Lipinski definition) is 1. The van der Waals surface area contributed by atoms with E-state index in [1.807, 2.05) is 16.8 Å². The van der Waals surface area contributed by atoms with Crippen molar-refractivity contribution >= 4 is 17.0 Å². The zero-order valence-electron chi connectivity index (χ0n) is 9.20. The summed E-state index contributed by atoms with van der Waals surface area (Å²) < 4.78 is 40.0. The van der Waals surface area contributed by atoms with Crippen molar-refractivity contribution in [2.75, 3.05) is 5.32 Å². The highest BCUT2D eigenvalue weighted by atomic mass is 32.1. The summed E-state index contributed by atoms with van der Waals surface area (Å²) in [4.78, 5) is 0. The van der Waals surface area contributed by atoms with E-state index in [-0.39, 0.29) is 5.75 Å². The standard InChI is InChI=1S/C12H10F3NOS/c13-12(14,15)17-11-3-1-2-9(6-11)7-16-10-4-5-18-8-10/h1-6,8,16H,7H2. The lowest BCUT2D eigenvalue weighted by Gasteiger charge is -2.10. The first-order valence-corrected chi connectivity index (χ1v) is 6.08. The van der Waals surface area contributed by atoms with Crippen molar-refractivity contribution in [2.45, 2.75) is 12.9 Å². The van der Waals surface area contributed by atoms with E-state index < -0.39 is 6.36 Å². The Morgan fingerprint density at radius 1 is 1.22 bits per heavy atom. The van der Waals surface area contributed by atoms with Crippen LogP contribution in [0.2, 0.25) is 0 Å². The number of thiophene rings is 1. The second-order valence-corrected chi connectivity index (χ2v) is 4.34. The first-order valence-electron chi connectivity index (χ1n) is 5.14. The number of nitrogens with one attached hydrogen (secondary N) is 1. The van der Waals surface area contributed by atoms with Gasteiger partial charge in [0.2, 0.25) is 0 Å². The van der Waals surface area contributed by atoms with E-state index in [9.17, 15) is 13.2 Å². The van der Waals surface area contributed by atoms with Crippen LogP contribution in [0.5, 0.6) is 5.75 Å². The molecule has 0 bridgehead atoms. The molecule has 0 saturated carbocycles. The predicted molar refractivity (Wildman–Crippen MR) is 64.8 cm³/mol. The maximum Gasteiger partial charge on any atom is 0.573 e.